The molecule has 2 rings (SSSR count). The van der Waals surface area contributed by atoms with Crippen LogP contribution in [0.5, 0.6) is 5.75 Å². The maximum absolute atomic E-state index is 12.1. The lowest BCUT2D eigenvalue weighted by molar-refractivity contribution is 0.0943. The van der Waals surface area contributed by atoms with Gasteiger partial charge >= 0.3 is 0 Å². The standard InChI is InChI=1S/C15H16BrNO2S/c1-15(2,13-4-3-7-20-13)9-17-14(19)11-6-5-10(16)8-12(11)18/h3-8,18H,9H2,1-2H3,(H,17,19). The van der Waals surface area contributed by atoms with E-state index in [1.54, 1.807) is 23.5 Å². The minimum absolute atomic E-state index is 0.0224. The maximum Gasteiger partial charge on any atom is 0.255 e. The molecular formula is C15H16BrNO2S. The number of hydrogen-bond acceptors (Lipinski definition) is 3. The molecule has 5 heteroatoms. The fraction of sp³-hybridized carbons (Fsp3) is 0.267. The Hall–Kier alpha value is -1.33. The van der Waals surface area contributed by atoms with Gasteiger partial charge in [0.1, 0.15) is 5.75 Å². The van der Waals surface area contributed by atoms with Crippen LogP contribution in [0.25, 0.3) is 0 Å². The van der Waals surface area contributed by atoms with E-state index in [2.05, 4.69) is 41.2 Å². The molecule has 0 saturated carbocycles. The van der Waals surface area contributed by atoms with Gasteiger partial charge in [-0.05, 0) is 29.6 Å². The van der Waals surface area contributed by atoms with E-state index in [9.17, 15) is 9.90 Å². The zero-order valence-electron chi connectivity index (χ0n) is 11.3. The molecule has 1 heterocycles. The highest BCUT2D eigenvalue weighted by Gasteiger charge is 2.23. The summed E-state index contributed by atoms with van der Waals surface area (Å²) in [5.41, 5.74) is 0.157. The van der Waals surface area contributed by atoms with Crippen molar-refractivity contribution in [1.29, 1.82) is 0 Å². The zero-order chi connectivity index (χ0) is 14.8. The molecule has 0 bridgehead atoms. The number of thiophene rings is 1. The second kappa shape index (κ2) is 5.97. The number of rotatable bonds is 4. The predicted molar refractivity (Wildman–Crippen MR) is 85.5 cm³/mol. The average Bonchev–Trinajstić information content (AvgIpc) is 2.90. The molecule has 0 aliphatic rings. The Morgan fingerprint density at radius 3 is 2.75 bits per heavy atom. The van der Waals surface area contributed by atoms with Gasteiger partial charge in [-0.1, -0.05) is 35.8 Å². The molecule has 0 unspecified atom stereocenters. The van der Waals surface area contributed by atoms with Crippen molar-refractivity contribution in [2.45, 2.75) is 19.3 Å². The Bertz CT molecular complexity index is 608. The highest BCUT2D eigenvalue weighted by molar-refractivity contribution is 9.10. The summed E-state index contributed by atoms with van der Waals surface area (Å²) in [6.07, 6.45) is 0. The quantitative estimate of drug-likeness (QED) is 0.874. The van der Waals surface area contributed by atoms with Crippen molar-refractivity contribution in [3.05, 3.63) is 50.6 Å². The van der Waals surface area contributed by atoms with E-state index >= 15 is 0 Å². The Kier molecular flexibility index (Phi) is 4.50. The van der Waals surface area contributed by atoms with Crippen LogP contribution in [0, 0.1) is 0 Å². The number of phenols is 1. The van der Waals surface area contributed by atoms with E-state index in [1.807, 2.05) is 11.4 Å². The molecule has 0 spiro atoms. The van der Waals surface area contributed by atoms with Gasteiger partial charge in [0.2, 0.25) is 0 Å². The summed E-state index contributed by atoms with van der Waals surface area (Å²) in [7, 11) is 0. The second-order valence-electron chi connectivity index (χ2n) is 5.21. The largest absolute Gasteiger partial charge is 0.507 e. The lowest BCUT2D eigenvalue weighted by atomic mass is 9.91. The lowest BCUT2D eigenvalue weighted by Crippen LogP contribution is -2.36. The van der Waals surface area contributed by atoms with E-state index in [0.717, 1.165) is 4.47 Å². The normalized spacial score (nSPS) is 11.3. The number of nitrogens with one attached hydrogen (secondary N) is 1. The molecule has 2 aromatic rings. The third kappa shape index (κ3) is 3.41. The van der Waals surface area contributed by atoms with Crippen LogP contribution in [-0.4, -0.2) is 17.6 Å². The number of halogens is 1. The molecule has 0 atom stereocenters. The molecule has 0 fully saturated rings. The third-order valence-corrected chi connectivity index (χ3v) is 4.81. The van der Waals surface area contributed by atoms with Crippen molar-refractivity contribution < 1.29 is 9.90 Å². The van der Waals surface area contributed by atoms with Crippen molar-refractivity contribution in [3.63, 3.8) is 0 Å². The van der Waals surface area contributed by atoms with E-state index in [4.69, 9.17) is 0 Å². The predicted octanol–water partition coefficient (Wildman–Crippen LogP) is 3.92. The molecule has 1 amide bonds. The van der Waals surface area contributed by atoms with E-state index in [1.165, 1.54) is 10.9 Å². The minimum atomic E-state index is -0.264. The summed E-state index contributed by atoms with van der Waals surface area (Å²) in [6.45, 7) is 4.68. The monoisotopic (exact) mass is 353 g/mol. The Morgan fingerprint density at radius 1 is 1.40 bits per heavy atom. The SMILES string of the molecule is CC(C)(CNC(=O)c1ccc(Br)cc1O)c1cccs1. The summed E-state index contributed by atoms with van der Waals surface area (Å²) in [5.74, 6) is -0.287. The van der Waals surface area contributed by atoms with E-state index in [-0.39, 0.29) is 22.6 Å². The zero-order valence-corrected chi connectivity index (χ0v) is 13.7. The smallest absolute Gasteiger partial charge is 0.255 e. The van der Waals surface area contributed by atoms with Gasteiger partial charge in [0.15, 0.2) is 0 Å². The summed E-state index contributed by atoms with van der Waals surface area (Å²) < 4.78 is 0.741. The molecule has 0 radical (unpaired) electrons. The number of aromatic hydroxyl groups is 1. The van der Waals surface area contributed by atoms with Gasteiger partial charge < -0.3 is 10.4 Å². The number of amides is 1. The molecule has 20 heavy (non-hydrogen) atoms. The van der Waals surface area contributed by atoms with E-state index in [0.29, 0.717) is 6.54 Å². The summed E-state index contributed by atoms with van der Waals surface area (Å²) >= 11 is 4.93. The highest BCUT2D eigenvalue weighted by atomic mass is 79.9. The Morgan fingerprint density at radius 2 is 2.15 bits per heavy atom. The number of phenolic OH excluding ortho intramolecular Hbond substituents is 1. The first-order chi connectivity index (χ1) is 9.40. The molecule has 1 aromatic carbocycles. The summed E-state index contributed by atoms with van der Waals surface area (Å²) in [6, 6.07) is 8.92. The first-order valence-corrected chi connectivity index (χ1v) is 7.88. The van der Waals surface area contributed by atoms with Crippen molar-refractivity contribution in [3.8, 4) is 5.75 Å². The Balaban J connectivity index is 2.05. The molecule has 0 saturated heterocycles. The van der Waals surface area contributed by atoms with Gasteiger partial charge in [-0.2, -0.15) is 0 Å². The molecule has 0 aliphatic heterocycles. The van der Waals surface area contributed by atoms with Crippen molar-refractivity contribution in [2.24, 2.45) is 0 Å². The van der Waals surface area contributed by atoms with Gasteiger partial charge in [-0.25, -0.2) is 0 Å². The van der Waals surface area contributed by atoms with Crippen LogP contribution in [0.1, 0.15) is 29.1 Å². The first kappa shape index (κ1) is 15.1. The minimum Gasteiger partial charge on any atom is -0.507 e. The molecule has 1 aromatic heterocycles. The van der Waals surface area contributed by atoms with Gasteiger partial charge in [0, 0.05) is 21.3 Å². The van der Waals surface area contributed by atoms with E-state index < -0.39 is 0 Å². The fourth-order valence-electron chi connectivity index (χ4n) is 1.84. The van der Waals surface area contributed by atoms with Crippen LogP contribution in [0.2, 0.25) is 0 Å². The van der Waals surface area contributed by atoms with Crippen molar-refractivity contribution in [2.75, 3.05) is 6.54 Å². The number of carbonyl (C=O) groups is 1. The van der Waals surface area contributed by atoms with Crippen LogP contribution in [0.4, 0.5) is 0 Å². The van der Waals surface area contributed by atoms with Crippen LogP contribution in [0.15, 0.2) is 40.2 Å². The molecule has 3 nitrogen and oxygen atoms in total. The van der Waals surface area contributed by atoms with Crippen molar-refractivity contribution >= 4 is 33.2 Å². The van der Waals surface area contributed by atoms with Gasteiger partial charge in [0.05, 0.1) is 5.56 Å². The van der Waals surface area contributed by atoms with Crippen molar-refractivity contribution in [1.82, 2.24) is 5.32 Å². The van der Waals surface area contributed by atoms with Crippen LogP contribution >= 0.6 is 27.3 Å². The summed E-state index contributed by atoms with van der Waals surface area (Å²) in [4.78, 5) is 13.3. The summed E-state index contributed by atoms with van der Waals surface area (Å²) in [5, 5.41) is 14.7. The first-order valence-electron chi connectivity index (χ1n) is 6.21. The fourth-order valence-corrected chi connectivity index (χ4v) is 3.05. The number of hydrogen-bond donors (Lipinski definition) is 2. The van der Waals surface area contributed by atoms with Crippen LogP contribution < -0.4 is 5.32 Å². The maximum atomic E-state index is 12.1. The average molecular weight is 354 g/mol. The lowest BCUT2D eigenvalue weighted by Gasteiger charge is -2.23. The topological polar surface area (TPSA) is 49.3 Å². The second-order valence-corrected chi connectivity index (χ2v) is 7.07. The third-order valence-electron chi connectivity index (χ3n) is 3.08. The number of benzene rings is 1. The van der Waals surface area contributed by atoms with Gasteiger partial charge in [-0.3, -0.25) is 4.79 Å². The molecule has 2 N–H and O–H groups in total. The molecular weight excluding hydrogens is 338 g/mol. The Labute approximate surface area is 130 Å². The van der Waals surface area contributed by atoms with Gasteiger partial charge in [-0.15, -0.1) is 11.3 Å². The number of carbonyl (C=O) groups excluding carboxylic acids is 1. The molecule has 106 valence electrons. The highest BCUT2D eigenvalue weighted by Crippen LogP contribution is 2.27. The van der Waals surface area contributed by atoms with Crippen LogP contribution in [0.3, 0.4) is 0 Å². The van der Waals surface area contributed by atoms with Crippen LogP contribution in [-0.2, 0) is 5.41 Å². The molecule has 0 aliphatic carbocycles. The van der Waals surface area contributed by atoms with Gasteiger partial charge in [0.25, 0.3) is 5.91 Å².